The normalized spacial score (nSPS) is 13.9. The number of rotatable bonds is 14. The van der Waals surface area contributed by atoms with Crippen molar-refractivity contribution in [1.29, 1.82) is 0 Å². The smallest absolute Gasteiger partial charge is 0.0641 e. The van der Waals surface area contributed by atoms with Crippen LogP contribution in [-0.2, 0) is 0 Å². The molecule has 0 saturated carbocycles. The van der Waals surface area contributed by atoms with Crippen LogP contribution in [0.25, 0.3) is 0 Å². The van der Waals surface area contributed by atoms with Gasteiger partial charge in [-0.05, 0) is 91.6 Å². The van der Waals surface area contributed by atoms with Crippen molar-refractivity contribution in [3.63, 3.8) is 0 Å². The van der Waals surface area contributed by atoms with E-state index in [1.54, 1.807) is 0 Å². The Kier molecular flexibility index (Phi) is 15.9. The second-order valence-corrected chi connectivity index (χ2v) is 7.79. The summed E-state index contributed by atoms with van der Waals surface area (Å²) in [5, 5.41) is 18.4. The van der Waals surface area contributed by atoms with E-state index in [0.29, 0.717) is 0 Å². The molecule has 27 heavy (non-hydrogen) atoms. The Hall–Kier alpha value is -1.38. The molecular formula is C25H42O2. The molecule has 0 amide bonds. The number of hydrogen-bond acceptors (Lipinski definition) is 2. The molecule has 0 aliphatic rings. The summed E-state index contributed by atoms with van der Waals surface area (Å²) in [5.74, 6) is 0. The van der Waals surface area contributed by atoms with E-state index in [1.807, 2.05) is 13.0 Å². The highest BCUT2D eigenvalue weighted by atomic mass is 16.3. The van der Waals surface area contributed by atoms with E-state index in [1.165, 1.54) is 22.3 Å². The molecule has 0 aliphatic heterocycles. The van der Waals surface area contributed by atoms with Crippen LogP contribution in [0, 0.1) is 0 Å². The quantitative estimate of drug-likeness (QED) is 0.327. The van der Waals surface area contributed by atoms with E-state index in [0.717, 1.165) is 56.9 Å². The minimum Gasteiger partial charge on any atom is -0.392 e. The lowest BCUT2D eigenvalue weighted by Crippen LogP contribution is -1.91. The maximum absolute atomic E-state index is 9.51. The summed E-state index contributed by atoms with van der Waals surface area (Å²) in [6, 6.07) is 0. The molecule has 0 bridgehead atoms. The fraction of sp³-hybridized carbons (Fsp3) is 0.600. The first-order valence-corrected chi connectivity index (χ1v) is 10.4. The first kappa shape index (κ1) is 25.6. The minimum absolute atomic E-state index is 0.108. The molecule has 2 N–H and O–H groups in total. The van der Waals surface area contributed by atoms with Gasteiger partial charge in [-0.1, -0.05) is 52.7 Å². The zero-order valence-corrected chi connectivity index (χ0v) is 18.4. The van der Waals surface area contributed by atoms with Gasteiger partial charge < -0.3 is 10.2 Å². The van der Waals surface area contributed by atoms with E-state index in [-0.39, 0.29) is 13.2 Å². The Bertz CT molecular complexity index is 541. The Morgan fingerprint density at radius 1 is 0.556 bits per heavy atom. The van der Waals surface area contributed by atoms with Crippen LogP contribution in [0.5, 0.6) is 0 Å². The van der Waals surface area contributed by atoms with Gasteiger partial charge >= 0.3 is 0 Å². The lowest BCUT2D eigenvalue weighted by molar-refractivity contribution is 0.326. The third kappa shape index (κ3) is 16.5. The molecule has 2 nitrogen and oxygen atoms in total. The maximum atomic E-state index is 9.51. The third-order valence-corrected chi connectivity index (χ3v) is 4.70. The minimum atomic E-state index is 0.108. The lowest BCUT2D eigenvalue weighted by Gasteiger charge is -2.05. The SMILES string of the molecule is CC(C)=CCC/C(C)=C/CC/C(C)=C/CC/C(=C/CC/C(C)=C/CO)CO. The largest absolute Gasteiger partial charge is 0.392 e. The molecule has 0 aromatic rings. The highest BCUT2D eigenvalue weighted by molar-refractivity contribution is 5.09. The number of allylic oxidation sites excluding steroid dienone is 8. The summed E-state index contributed by atoms with van der Waals surface area (Å²) >= 11 is 0. The van der Waals surface area contributed by atoms with Crippen LogP contribution >= 0.6 is 0 Å². The summed E-state index contributed by atoms with van der Waals surface area (Å²) in [6.07, 6.45) is 19.3. The molecule has 0 radical (unpaired) electrons. The van der Waals surface area contributed by atoms with Crippen LogP contribution in [-0.4, -0.2) is 23.4 Å². The monoisotopic (exact) mass is 374 g/mol. The summed E-state index contributed by atoms with van der Waals surface area (Å²) in [6.45, 7) is 11.0. The van der Waals surface area contributed by atoms with Gasteiger partial charge in [-0.15, -0.1) is 0 Å². The van der Waals surface area contributed by atoms with Gasteiger partial charge in [0.15, 0.2) is 0 Å². The van der Waals surface area contributed by atoms with Gasteiger partial charge in [0.1, 0.15) is 0 Å². The van der Waals surface area contributed by atoms with Crippen LogP contribution in [0.1, 0.15) is 86.0 Å². The standard InChI is InChI=1S/C25H42O2/c1-21(2)10-6-11-22(3)12-7-13-23(4)14-8-16-25(20-27)17-9-15-24(5)18-19-26/h10,12,14,17-18,26-27H,6-9,11,13,15-16,19-20H2,1-5H3/b22-12+,23-14+,24-18+,25-17-. The molecule has 154 valence electrons. The average Bonchev–Trinajstić information content (AvgIpc) is 2.60. The molecule has 0 fully saturated rings. The highest BCUT2D eigenvalue weighted by Crippen LogP contribution is 2.14. The average molecular weight is 375 g/mol. The van der Waals surface area contributed by atoms with Crippen molar-refractivity contribution in [3.05, 3.63) is 58.2 Å². The molecule has 0 aromatic heterocycles. The zero-order valence-electron chi connectivity index (χ0n) is 18.4. The van der Waals surface area contributed by atoms with Gasteiger partial charge in [-0.25, -0.2) is 0 Å². The van der Waals surface area contributed by atoms with Crippen LogP contribution in [0.3, 0.4) is 0 Å². The predicted octanol–water partition coefficient (Wildman–Crippen LogP) is 6.82. The molecule has 0 aliphatic carbocycles. The van der Waals surface area contributed by atoms with Crippen LogP contribution < -0.4 is 0 Å². The van der Waals surface area contributed by atoms with Gasteiger partial charge in [-0.2, -0.15) is 0 Å². The van der Waals surface area contributed by atoms with E-state index in [9.17, 15) is 5.11 Å². The van der Waals surface area contributed by atoms with Crippen molar-refractivity contribution in [2.45, 2.75) is 86.0 Å². The fourth-order valence-corrected chi connectivity index (χ4v) is 2.85. The highest BCUT2D eigenvalue weighted by Gasteiger charge is 1.97. The van der Waals surface area contributed by atoms with Gasteiger partial charge in [0, 0.05) is 0 Å². The Morgan fingerprint density at radius 3 is 1.48 bits per heavy atom. The van der Waals surface area contributed by atoms with E-state index < -0.39 is 0 Å². The topological polar surface area (TPSA) is 40.5 Å². The van der Waals surface area contributed by atoms with Gasteiger partial charge in [0.05, 0.1) is 13.2 Å². The predicted molar refractivity (Wildman–Crippen MR) is 120 cm³/mol. The lowest BCUT2D eigenvalue weighted by atomic mass is 10.0. The van der Waals surface area contributed by atoms with Crippen molar-refractivity contribution in [3.8, 4) is 0 Å². The van der Waals surface area contributed by atoms with Crippen molar-refractivity contribution in [2.75, 3.05) is 13.2 Å². The van der Waals surface area contributed by atoms with Crippen LogP contribution in [0.2, 0.25) is 0 Å². The molecule has 0 saturated heterocycles. The summed E-state index contributed by atoms with van der Waals surface area (Å²) in [7, 11) is 0. The van der Waals surface area contributed by atoms with Gasteiger partial charge in [0.2, 0.25) is 0 Å². The molecule has 0 spiro atoms. The summed E-state index contributed by atoms with van der Waals surface area (Å²) in [5.41, 5.74) is 6.63. The first-order valence-electron chi connectivity index (χ1n) is 10.4. The molecular weight excluding hydrogens is 332 g/mol. The van der Waals surface area contributed by atoms with Crippen LogP contribution in [0.15, 0.2) is 58.2 Å². The second-order valence-electron chi connectivity index (χ2n) is 7.79. The zero-order chi connectivity index (χ0) is 20.5. The Balaban J connectivity index is 4.17. The maximum Gasteiger partial charge on any atom is 0.0641 e. The fourth-order valence-electron chi connectivity index (χ4n) is 2.85. The van der Waals surface area contributed by atoms with Gasteiger partial charge in [-0.3, -0.25) is 0 Å². The van der Waals surface area contributed by atoms with Crippen molar-refractivity contribution < 1.29 is 10.2 Å². The third-order valence-electron chi connectivity index (χ3n) is 4.70. The Labute approximate surface area is 168 Å². The van der Waals surface area contributed by atoms with E-state index in [4.69, 9.17) is 5.11 Å². The second kappa shape index (κ2) is 16.8. The van der Waals surface area contributed by atoms with Crippen molar-refractivity contribution >= 4 is 0 Å². The van der Waals surface area contributed by atoms with Crippen molar-refractivity contribution in [2.24, 2.45) is 0 Å². The summed E-state index contributed by atoms with van der Waals surface area (Å²) in [4.78, 5) is 0. The molecule has 0 heterocycles. The molecule has 2 heteroatoms. The number of aliphatic hydroxyl groups is 2. The molecule has 0 unspecified atom stereocenters. The number of aliphatic hydroxyl groups excluding tert-OH is 2. The van der Waals surface area contributed by atoms with E-state index in [2.05, 4.69) is 52.0 Å². The van der Waals surface area contributed by atoms with Gasteiger partial charge in [0.25, 0.3) is 0 Å². The van der Waals surface area contributed by atoms with Crippen molar-refractivity contribution in [1.82, 2.24) is 0 Å². The van der Waals surface area contributed by atoms with Crippen LogP contribution in [0.4, 0.5) is 0 Å². The Morgan fingerprint density at radius 2 is 1.00 bits per heavy atom. The first-order chi connectivity index (χ1) is 12.9. The summed E-state index contributed by atoms with van der Waals surface area (Å²) < 4.78 is 0. The molecule has 0 atom stereocenters. The molecule has 0 rings (SSSR count). The molecule has 0 aromatic carbocycles. The number of hydrogen-bond donors (Lipinski definition) is 2. The van der Waals surface area contributed by atoms with E-state index >= 15 is 0 Å².